The van der Waals surface area contributed by atoms with E-state index in [1.807, 2.05) is 0 Å². The van der Waals surface area contributed by atoms with E-state index in [0.29, 0.717) is 0 Å². The van der Waals surface area contributed by atoms with Crippen LogP contribution in [-0.2, 0) is 0 Å². The number of fused-ring (bicyclic) bond motifs is 9. The van der Waals surface area contributed by atoms with Crippen LogP contribution in [0.1, 0.15) is 41.1 Å². The second-order valence-corrected chi connectivity index (χ2v) is 12.7. The number of hydrogen-bond acceptors (Lipinski definition) is 0. The molecule has 57 heavy (non-hydrogen) atoms. The summed E-state index contributed by atoms with van der Waals surface area (Å²) in [5, 5.41) is -2.68. The number of para-hydroxylation sites is 4. The standard InChI is InChI=1S/C54H35N3/c1-2-14-36(15-3-1)37-28-30-38(31-29-37)39-16-12-17-40(34-39)56-50-25-11-7-21-45(50)54-52(56)26-13-27-53(54)57-49-24-10-6-20-44(49)46-35-41(32-33-51(46)57)55-47-22-8-4-18-42(47)43-19-5-9-23-48(43)55/h1-35H/i1D,2D,3D,4D,5D,6D,7D,8D,9D,10D,11D,13D,14D,15D,18D,19D,20D,21D,22D,23D,24D,25D,26D,28D,29D,30D,31D,32D,33D,35D. The first kappa shape index (κ1) is 14.1. The van der Waals surface area contributed by atoms with Gasteiger partial charge in [0.15, 0.2) is 0 Å². The average Bonchev–Trinajstić information content (AvgIpc) is 1.54. The molecule has 0 bridgehead atoms. The summed E-state index contributed by atoms with van der Waals surface area (Å²) in [6, 6.07) is -17.8. The molecule has 0 N–H and O–H groups in total. The van der Waals surface area contributed by atoms with Gasteiger partial charge < -0.3 is 13.7 Å². The number of rotatable bonds is 5. The van der Waals surface area contributed by atoms with E-state index in [4.69, 9.17) is 26.0 Å². The zero-order valence-electron chi connectivity index (χ0n) is 58.7. The Morgan fingerprint density at radius 3 is 1.49 bits per heavy atom. The Labute approximate surface area is 371 Å². The van der Waals surface area contributed by atoms with Gasteiger partial charge in [0.05, 0.1) is 79.9 Å². The van der Waals surface area contributed by atoms with E-state index >= 15 is 0 Å². The van der Waals surface area contributed by atoms with Crippen molar-refractivity contribution >= 4 is 65.4 Å². The topological polar surface area (TPSA) is 14.8 Å². The van der Waals surface area contributed by atoms with Gasteiger partial charge in [0.2, 0.25) is 0 Å². The number of nitrogens with zero attached hydrogens (tertiary/aromatic N) is 3. The Morgan fingerprint density at radius 2 is 0.807 bits per heavy atom. The van der Waals surface area contributed by atoms with Crippen molar-refractivity contribution in [2.45, 2.75) is 0 Å². The van der Waals surface area contributed by atoms with Gasteiger partial charge in [-0.2, -0.15) is 0 Å². The van der Waals surface area contributed by atoms with Crippen LogP contribution in [0.4, 0.5) is 0 Å². The molecule has 3 heterocycles. The van der Waals surface area contributed by atoms with Gasteiger partial charge >= 0.3 is 0 Å². The van der Waals surface area contributed by atoms with Crippen molar-refractivity contribution in [3.8, 4) is 39.3 Å². The maximum absolute atomic E-state index is 10.1. The number of benzene rings is 9. The summed E-state index contributed by atoms with van der Waals surface area (Å²) < 4.78 is 274. The molecule has 0 saturated carbocycles. The molecule has 0 aliphatic rings. The van der Waals surface area contributed by atoms with Crippen LogP contribution in [0.2, 0.25) is 0 Å². The number of aromatic nitrogens is 3. The summed E-state index contributed by atoms with van der Waals surface area (Å²) in [5.74, 6) is 0. The molecular weight excluding hydrogens is 691 g/mol. The van der Waals surface area contributed by atoms with Crippen LogP contribution in [0.15, 0.2) is 212 Å². The molecule has 0 fully saturated rings. The molecule has 0 unspecified atom stereocenters. The zero-order chi connectivity index (χ0) is 63.6. The van der Waals surface area contributed by atoms with E-state index in [1.54, 1.807) is 0 Å². The SMILES string of the molecule is [2H]c1cc(-n2c3c([2H])c([2H])c([2H])c([2H])c3c3c([2H])c(-n4c5c([2H])c([2H])c([2H])c([2H])c5c5c([2H])c([2H])c([2H])c([2H])c54)c([2H])c([2H])c32)c2c3c([2H])c([2H])c([2H])c([2H])c3n(-c3cccc(-c4c([2H])c([2H])c(-c5c([2H])c([2H])c([2H])c([2H])c5[2H])c([2H])c4[2H])c3)c2c1[2H]. The Hall–Kier alpha value is -7.62. The Bertz CT molecular complexity index is 5150. The maximum atomic E-state index is 10.1. The molecular formula is C54H35N3. The van der Waals surface area contributed by atoms with Crippen molar-refractivity contribution < 1.29 is 41.1 Å². The fourth-order valence-electron chi connectivity index (χ4n) is 7.30. The minimum Gasteiger partial charge on any atom is -0.309 e. The van der Waals surface area contributed by atoms with Crippen molar-refractivity contribution in [2.24, 2.45) is 0 Å². The Morgan fingerprint density at radius 1 is 0.316 bits per heavy atom. The summed E-state index contributed by atoms with van der Waals surface area (Å²) in [4.78, 5) is 0. The van der Waals surface area contributed by atoms with E-state index in [-0.39, 0.29) is 33.1 Å². The van der Waals surface area contributed by atoms with Crippen LogP contribution >= 0.6 is 0 Å². The Kier molecular flexibility index (Phi) is 3.09. The molecule has 3 heteroatoms. The van der Waals surface area contributed by atoms with Crippen molar-refractivity contribution in [3.63, 3.8) is 0 Å². The van der Waals surface area contributed by atoms with Gasteiger partial charge in [-0.05, 0) is 88.8 Å². The van der Waals surface area contributed by atoms with Crippen LogP contribution in [0.3, 0.4) is 0 Å². The van der Waals surface area contributed by atoms with Crippen LogP contribution in [-0.4, -0.2) is 13.7 Å². The molecule has 266 valence electrons. The normalized spacial score (nSPS) is 19.2. The third-order valence-electron chi connectivity index (χ3n) is 9.67. The molecule has 9 aromatic carbocycles. The molecule has 0 aliphatic heterocycles. The molecule has 0 spiro atoms. The molecule has 0 saturated heterocycles. The van der Waals surface area contributed by atoms with Gasteiger partial charge in [-0.15, -0.1) is 0 Å². The molecule has 3 nitrogen and oxygen atoms in total. The van der Waals surface area contributed by atoms with E-state index in [9.17, 15) is 15.1 Å². The average molecular weight is 756 g/mol. The quantitative estimate of drug-likeness (QED) is 0.166. The van der Waals surface area contributed by atoms with Crippen molar-refractivity contribution in [1.29, 1.82) is 0 Å². The highest BCUT2D eigenvalue weighted by Crippen LogP contribution is 2.41. The second kappa shape index (κ2) is 12.5. The lowest BCUT2D eigenvalue weighted by atomic mass is 10.00. The highest BCUT2D eigenvalue weighted by molar-refractivity contribution is 6.17. The highest BCUT2D eigenvalue weighted by Gasteiger charge is 2.21. The fourth-order valence-corrected chi connectivity index (χ4v) is 7.30. The van der Waals surface area contributed by atoms with Gasteiger partial charge in [-0.3, -0.25) is 0 Å². The summed E-state index contributed by atoms with van der Waals surface area (Å²) >= 11 is 0. The van der Waals surface area contributed by atoms with Gasteiger partial charge in [0, 0.05) is 43.7 Å². The minimum atomic E-state index is -0.971. The van der Waals surface area contributed by atoms with Crippen LogP contribution in [0.5, 0.6) is 0 Å². The van der Waals surface area contributed by atoms with E-state index < -0.39 is 253 Å². The van der Waals surface area contributed by atoms with Crippen molar-refractivity contribution in [1.82, 2.24) is 13.7 Å². The fraction of sp³-hybridized carbons (Fsp3) is 0. The van der Waals surface area contributed by atoms with Gasteiger partial charge in [-0.1, -0.05) is 145 Å². The lowest BCUT2D eigenvalue weighted by Gasteiger charge is -2.13. The lowest BCUT2D eigenvalue weighted by Crippen LogP contribution is -1.97. The summed E-state index contributed by atoms with van der Waals surface area (Å²) in [7, 11) is 0. The minimum absolute atomic E-state index is 0.0879. The van der Waals surface area contributed by atoms with E-state index in [1.165, 1.54) is 24.3 Å². The van der Waals surface area contributed by atoms with Gasteiger partial charge in [0.25, 0.3) is 0 Å². The lowest BCUT2D eigenvalue weighted by molar-refractivity contribution is 1.16. The first-order valence-corrected chi connectivity index (χ1v) is 17.2. The summed E-state index contributed by atoms with van der Waals surface area (Å²) in [5.41, 5.74) is -5.92. The monoisotopic (exact) mass is 755 g/mol. The largest absolute Gasteiger partial charge is 0.309 e. The van der Waals surface area contributed by atoms with E-state index in [0.717, 1.165) is 19.8 Å². The smallest absolute Gasteiger partial charge is 0.0652 e. The zero-order valence-corrected chi connectivity index (χ0v) is 28.7. The van der Waals surface area contributed by atoms with Crippen LogP contribution < -0.4 is 0 Å². The first-order chi connectivity index (χ1) is 40.8. The first-order valence-electron chi connectivity index (χ1n) is 32.2. The summed E-state index contributed by atoms with van der Waals surface area (Å²) in [6.45, 7) is 0. The van der Waals surface area contributed by atoms with Crippen molar-refractivity contribution in [2.75, 3.05) is 0 Å². The maximum Gasteiger partial charge on any atom is 0.0652 e. The van der Waals surface area contributed by atoms with E-state index in [2.05, 4.69) is 0 Å². The van der Waals surface area contributed by atoms with Crippen molar-refractivity contribution in [3.05, 3.63) is 212 Å². The Balaban J connectivity index is 1.24. The predicted molar refractivity (Wildman–Crippen MR) is 240 cm³/mol. The van der Waals surface area contributed by atoms with Gasteiger partial charge in [0.1, 0.15) is 0 Å². The van der Waals surface area contributed by atoms with Crippen LogP contribution in [0, 0.1) is 0 Å². The molecule has 0 aliphatic carbocycles. The third-order valence-corrected chi connectivity index (χ3v) is 9.67. The highest BCUT2D eigenvalue weighted by atomic mass is 15.0. The predicted octanol–water partition coefficient (Wildman–Crippen LogP) is 14.3. The van der Waals surface area contributed by atoms with Crippen LogP contribution in [0.25, 0.3) is 105 Å². The molecule has 0 amide bonds. The molecule has 0 atom stereocenters. The molecule has 12 rings (SSSR count). The number of hydrogen-bond donors (Lipinski definition) is 0. The third kappa shape index (κ3) is 4.79. The summed E-state index contributed by atoms with van der Waals surface area (Å²) in [6.07, 6.45) is 0. The second-order valence-electron chi connectivity index (χ2n) is 12.7. The molecule has 12 aromatic rings. The van der Waals surface area contributed by atoms with Gasteiger partial charge in [-0.25, -0.2) is 0 Å². The molecule has 3 aromatic heterocycles. The molecule has 0 radical (unpaired) electrons.